The smallest absolute Gasteiger partial charge is 0.160 e. The zero-order valence-electron chi connectivity index (χ0n) is 10.2. The molecule has 3 rings (SSSR count). The van der Waals surface area contributed by atoms with E-state index >= 15 is 0 Å². The Labute approximate surface area is 115 Å². The first-order valence-electron chi connectivity index (χ1n) is 6.01. The Morgan fingerprint density at radius 2 is 1.89 bits per heavy atom. The second-order valence-electron chi connectivity index (χ2n) is 4.24. The Morgan fingerprint density at radius 3 is 2.68 bits per heavy atom. The van der Waals surface area contributed by atoms with Crippen LogP contribution in [0.2, 0.25) is 0 Å². The number of ether oxygens (including phenoxy) is 1. The van der Waals surface area contributed by atoms with E-state index in [1.54, 1.807) is 0 Å². The minimum Gasteiger partial charge on any atom is -0.489 e. The van der Waals surface area contributed by atoms with Crippen LogP contribution in [0.15, 0.2) is 54.6 Å². The van der Waals surface area contributed by atoms with Crippen LogP contribution >= 0.6 is 11.3 Å². The maximum absolute atomic E-state index is 10.8. The number of hydrogen-bond acceptors (Lipinski definition) is 3. The first-order valence-corrected chi connectivity index (χ1v) is 6.82. The Kier molecular flexibility index (Phi) is 3.29. The second kappa shape index (κ2) is 5.24. The van der Waals surface area contributed by atoms with Crippen molar-refractivity contribution in [3.63, 3.8) is 0 Å². The predicted molar refractivity (Wildman–Crippen MR) is 78.0 cm³/mol. The van der Waals surface area contributed by atoms with Crippen molar-refractivity contribution in [1.29, 1.82) is 0 Å². The molecule has 0 fully saturated rings. The Balaban J connectivity index is 1.79. The summed E-state index contributed by atoms with van der Waals surface area (Å²) in [5, 5.41) is 1.08. The molecule has 2 aromatic carbocycles. The van der Waals surface area contributed by atoms with Crippen LogP contribution in [0.1, 0.15) is 15.2 Å². The normalized spacial score (nSPS) is 10.5. The molecule has 0 N–H and O–H groups in total. The summed E-state index contributed by atoms with van der Waals surface area (Å²) in [5.74, 6) is 0.829. The minimum absolute atomic E-state index is 0.554. The second-order valence-corrected chi connectivity index (χ2v) is 5.36. The summed E-state index contributed by atoms with van der Waals surface area (Å²) in [5.41, 5.74) is 1.14. The number of aldehydes is 1. The maximum Gasteiger partial charge on any atom is 0.160 e. The minimum atomic E-state index is 0.554. The summed E-state index contributed by atoms with van der Waals surface area (Å²) in [6.07, 6.45) is 0.884. The van der Waals surface area contributed by atoms with Crippen LogP contribution in [0.25, 0.3) is 10.1 Å². The standard InChI is InChI=1S/C16H12O2S/c17-10-15-8-13-6-7-14(9-16(13)19-15)18-11-12-4-2-1-3-5-12/h1-10H,11H2. The van der Waals surface area contributed by atoms with Crippen molar-refractivity contribution in [2.24, 2.45) is 0 Å². The molecule has 3 aromatic rings. The van der Waals surface area contributed by atoms with Crippen LogP contribution in [-0.4, -0.2) is 6.29 Å². The molecule has 0 radical (unpaired) electrons. The lowest BCUT2D eigenvalue weighted by Crippen LogP contribution is -1.94. The van der Waals surface area contributed by atoms with Gasteiger partial charge >= 0.3 is 0 Å². The summed E-state index contributed by atoms with van der Waals surface area (Å²) < 4.78 is 6.84. The molecule has 1 aromatic heterocycles. The van der Waals surface area contributed by atoms with Crippen molar-refractivity contribution >= 4 is 27.7 Å². The van der Waals surface area contributed by atoms with Crippen molar-refractivity contribution in [2.45, 2.75) is 6.61 Å². The van der Waals surface area contributed by atoms with E-state index in [-0.39, 0.29) is 0 Å². The third-order valence-corrected chi connectivity index (χ3v) is 3.90. The lowest BCUT2D eigenvalue weighted by atomic mass is 10.2. The molecule has 1 heterocycles. The molecular formula is C16H12O2S. The molecule has 0 spiro atoms. The van der Waals surface area contributed by atoms with Crippen molar-refractivity contribution in [3.8, 4) is 5.75 Å². The number of carbonyl (C=O) groups excluding carboxylic acids is 1. The van der Waals surface area contributed by atoms with Gasteiger partial charge in [0.1, 0.15) is 12.4 Å². The average Bonchev–Trinajstić information content (AvgIpc) is 2.88. The van der Waals surface area contributed by atoms with Crippen LogP contribution in [-0.2, 0) is 6.61 Å². The van der Waals surface area contributed by atoms with Gasteiger partial charge < -0.3 is 4.74 Å². The third kappa shape index (κ3) is 2.66. The van der Waals surface area contributed by atoms with Gasteiger partial charge in [0.2, 0.25) is 0 Å². The number of thiophene rings is 1. The SMILES string of the molecule is O=Cc1cc2ccc(OCc3ccccc3)cc2s1. The van der Waals surface area contributed by atoms with Gasteiger partial charge in [-0.2, -0.15) is 0 Å². The Bertz CT molecular complexity index is 701. The van der Waals surface area contributed by atoms with Crippen LogP contribution < -0.4 is 4.74 Å². The number of hydrogen-bond donors (Lipinski definition) is 0. The lowest BCUT2D eigenvalue weighted by Gasteiger charge is -2.06. The maximum atomic E-state index is 10.8. The molecule has 0 aliphatic heterocycles. The highest BCUT2D eigenvalue weighted by Gasteiger charge is 2.03. The third-order valence-electron chi connectivity index (χ3n) is 2.88. The van der Waals surface area contributed by atoms with E-state index < -0.39 is 0 Å². The van der Waals surface area contributed by atoms with Crippen LogP contribution in [0.3, 0.4) is 0 Å². The van der Waals surface area contributed by atoms with Crippen molar-refractivity contribution in [1.82, 2.24) is 0 Å². The largest absolute Gasteiger partial charge is 0.489 e. The van der Waals surface area contributed by atoms with Gasteiger partial charge in [-0.3, -0.25) is 4.79 Å². The number of carbonyl (C=O) groups is 1. The van der Waals surface area contributed by atoms with Gasteiger partial charge in [-0.1, -0.05) is 30.3 Å². The highest BCUT2D eigenvalue weighted by molar-refractivity contribution is 7.20. The average molecular weight is 268 g/mol. The van der Waals surface area contributed by atoms with E-state index in [1.807, 2.05) is 54.6 Å². The van der Waals surface area contributed by atoms with E-state index in [4.69, 9.17) is 4.74 Å². The fourth-order valence-electron chi connectivity index (χ4n) is 1.92. The summed E-state index contributed by atoms with van der Waals surface area (Å²) in [7, 11) is 0. The highest BCUT2D eigenvalue weighted by atomic mass is 32.1. The van der Waals surface area contributed by atoms with Crippen LogP contribution in [0.5, 0.6) is 5.75 Å². The van der Waals surface area contributed by atoms with E-state index in [9.17, 15) is 4.79 Å². The molecule has 0 unspecified atom stereocenters. The van der Waals surface area contributed by atoms with Gasteiger partial charge in [0.25, 0.3) is 0 Å². The number of benzene rings is 2. The molecule has 0 aliphatic rings. The molecule has 94 valence electrons. The fourth-order valence-corrected chi connectivity index (χ4v) is 2.83. The van der Waals surface area contributed by atoms with Gasteiger partial charge in [-0.25, -0.2) is 0 Å². The molecule has 0 amide bonds. The van der Waals surface area contributed by atoms with Crippen molar-refractivity contribution in [3.05, 3.63) is 65.0 Å². The molecule has 0 aliphatic carbocycles. The first-order chi connectivity index (χ1) is 9.35. The van der Waals surface area contributed by atoms with E-state index in [2.05, 4.69) is 0 Å². The molecule has 3 heteroatoms. The molecule has 0 saturated carbocycles. The number of rotatable bonds is 4. The monoisotopic (exact) mass is 268 g/mol. The highest BCUT2D eigenvalue weighted by Crippen LogP contribution is 2.28. The predicted octanol–water partition coefficient (Wildman–Crippen LogP) is 4.29. The summed E-state index contributed by atoms with van der Waals surface area (Å²) in [6, 6.07) is 17.9. The summed E-state index contributed by atoms with van der Waals surface area (Å²) in [4.78, 5) is 11.5. The van der Waals surface area contributed by atoms with Gasteiger partial charge in [0.15, 0.2) is 6.29 Å². The molecule has 2 nitrogen and oxygen atoms in total. The zero-order chi connectivity index (χ0) is 13.1. The van der Waals surface area contributed by atoms with Gasteiger partial charge in [-0.05, 0) is 35.2 Å². The molecule has 0 bridgehead atoms. The quantitative estimate of drug-likeness (QED) is 0.660. The van der Waals surface area contributed by atoms with Crippen LogP contribution in [0.4, 0.5) is 0 Å². The van der Waals surface area contributed by atoms with Crippen LogP contribution in [0, 0.1) is 0 Å². The lowest BCUT2D eigenvalue weighted by molar-refractivity contribution is 0.112. The molecular weight excluding hydrogens is 256 g/mol. The Morgan fingerprint density at radius 1 is 1.05 bits per heavy atom. The molecule has 0 saturated heterocycles. The van der Waals surface area contributed by atoms with E-state index in [0.29, 0.717) is 6.61 Å². The summed E-state index contributed by atoms with van der Waals surface area (Å²) >= 11 is 1.49. The fraction of sp³-hybridized carbons (Fsp3) is 0.0625. The van der Waals surface area contributed by atoms with E-state index in [0.717, 1.165) is 32.6 Å². The van der Waals surface area contributed by atoms with Gasteiger partial charge in [0.05, 0.1) is 4.88 Å². The van der Waals surface area contributed by atoms with Gasteiger partial charge in [-0.15, -0.1) is 11.3 Å². The molecule has 19 heavy (non-hydrogen) atoms. The topological polar surface area (TPSA) is 26.3 Å². The number of fused-ring (bicyclic) bond motifs is 1. The molecule has 0 atom stereocenters. The Hall–Kier alpha value is -2.13. The zero-order valence-corrected chi connectivity index (χ0v) is 11.0. The van der Waals surface area contributed by atoms with E-state index in [1.165, 1.54) is 11.3 Å². The van der Waals surface area contributed by atoms with Crippen molar-refractivity contribution < 1.29 is 9.53 Å². The summed E-state index contributed by atoms with van der Waals surface area (Å²) in [6.45, 7) is 0.554. The first kappa shape index (κ1) is 11.9. The van der Waals surface area contributed by atoms with Crippen molar-refractivity contribution in [2.75, 3.05) is 0 Å². The van der Waals surface area contributed by atoms with Gasteiger partial charge in [0, 0.05) is 4.70 Å².